The van der Waals surface area contributed by atoms with E-state index in [0.717, 1.165) is 22.2 Å². The zero-order valence-corrected chi connectivity index (χ0v) is 15.5. The van der Waals surface area contributed by atoms with Gasteiger partial charge in [-0.05, 0) is 73.9 Å². The molecule has 4 nitrogen and oxygen atoms in total. The summed E-state index contributed by atoms with van der Waals surface area (Å²) in [6.07, 6.45) is 0. The van der Waals surface area contributed by atoms with E-state index in [1.807, 2.05) is 67.6 Å². The lowest BCUT2D eigenvalue weighted by molar-refractivity contribution is 0.102. The van der Waals surface area contributed by atoms with Crippen molar-refractivity contribution < 1.29 is 9.21 Å². The Morgan fingerprint density at radius 1 is 0.889 bits per heavy atom. The molecule has 0 aliphatic heterocycles. The van der Waals surface area contributed by atoms with Crippen molar-refractivity contribution in [1.29, 1.82) is 0 Å². The molecular formula is C23H20N2O2. The second kappa shape index (κ2) is 6.72. The van der Waals surface area contributed by atoms with Gasteiger partial charge in [0.25, 0.3) is 5.91 Å². The molecule has 0 aliphatic carbocycles. The first-order valence-corrected chi connectivity index (χ1v) is 8.86. The lowest BCUT2D eigenvalue weighted by atomic mass is 10.1. The number of oxazole rings is 1. The molecule has 0 unspecified atom stereocenters. The van der Waals surface area contributed by atoms with E-state index in [-0.39, 0.29) is 5.91 Å². The van der Waals surface area contributed by atoms with E-state index in [0.29, 0.717) is 17.1 Å². The zero-order valence-electron chi connectivity index (χ0n) is 15.5. The summed E-state index contributed by atoms with van der Waals surface area (Å²) in [5, 5.41) is 2.95. The zero-order chi connectivity index (χ0) is 19.0. The normalized spacial score (nSPS) is 10.9. The van der Waals surface area contributed by atoms with Crippen LogP contribution < -0.4 is 5.32 Å². The first-order chi connectivity index (χ1) is 13.0. The van der Waals surface area contributed by atoms with Crippen LogP contribution in [0.25, 0.3) is 22.6 Å². The molecule has 1 amide bonds. The van der Waals surface area contributed by atoms with Gasteiger partial charge < -0.3 is 9.73 Å². The molecule has 27 heavy (non-hydrogen) atoms. The molecule has 0 saturated heterocycles. The number of carbonyl (C=O) groups is 1. The standard InChI is InChI=1S/C23H20N2O2/c1-14-7-4-5-10-19(14)22(26)24-18-9-6-8-17(13-18)23-25-20-11-15(2)16(3)12-21(20)27-23/h4-13H,1-3H3,(H,24,26). The molecule has 3 aromatic carbocycles. The van der Waals surface area contributed by atoms with Gasteiger partial charge in [0.15, 0.2) is 5.58 Å². The van der Waals surface area contributed by atoms with Crippen molar-refractivity contribution in [2.24, 2.45) is 0 Å². The van der Waals surface area contributed by atoms with Crippen molar-refractivity contribution in [3.63, 3.8) is 0 Å². The van der Waals surface area contributed by atoms with E-state index in [1.54, 1.807) is 0 Å². The molecule has 0 bridgehead atoms. The number of rotatable bonds is 3. The average Bonchev–Trinajstić information content (AvgIpc) is 3.05. The van der Waals surface area contributed by atoms with Gasteiger partial charge in [0.2, 0.25) is 5.89 Å². The van der Waals surface area contributed by atoms with Crippen molar-refractivity contribution in [3.05, 3.63) is 82.9 Å². The summed E-state index contributed by atoms with van der Waals surface area (Å²) < 4.78 is 5.93. The Labute approximate surface area is 157 Å². The summed E-state index contributed by atoms with van der Waals surface area (Å²) in [4.78, 5) is 17.1. The van der Waals surface area contributed by atoms with Gasteiger partial charge in [-0.1, -0.05) is 24.3 Å². The highest BCUT2D eigenvalue weighted by Crippen LogP contribution is 2.28. The summed E-state index contributed by atoms with van der Waals surface area (Å²) >= 11 is 0. The Hall–Kier alpha value is -3.40. The number of amides is 1. The van der Waals surface area contributed by atoms with E-state index in [9.17, 15) is 4.79 Å². The molecule has 4 heteroatoms. The molecule has 0 fully saturated rings. The van der Waals surface area contributed by atoms with Crippen LogP contribution in [-0.4, -0.2) is 10.9 Å². The summed E-state index contributed by atoms with van der Waals surface area (Å²) in [6.45, 7) is 6.04. The molecule has 0 atom stereocenters. The molecule has 1 N–H and O–H groups in total. The van der Waals surface area contributed by atoms with Gasteiger partial charge in [-0.25, -0.2) is 4.98 Å². The maximum Gasteiger partial charge on any atom is 0.255 e. The SMILES string of the molecule is Cc1cc2nc(-c3cccc(NC(=O)c4ccccc4C)c3)oc2cc1C. The van der Waals surface area contributed by atoms with E-state index in [4.69, 9.17) is 4.42 Å². The van der Waals surface area contributed by atoms with Crippen LogP contribution in [0.15, 0.2) is 65.1 Å². The van der Waals surface area contributed by atoms with Crippen LogP contribution in [0.1, 0.15) is 27.0 Å². The van der Waals surface area contributed by atoms with Crippen molar-refractivity contribution >= 4 is 22.7 Å². The molecule has 1 heterocycles. The second-order valence-electron chi connectivity index (χ2n) is 6.77. The molecule has 4 aromatic rings. The van der Waals surface area contributed by atoms with Crippen molar-refractivity contribution in [3.8, 4) is 11.5 Å². The Kier molecular flexibility index (Phi) is 4.24. The number of fused-ring (bicyclic) bond motifs is 1. The third kappa shape index (κ3) is 3.34. The fourth-order valence-electron chi connectivity index (χ4n) is 3.06. The monoisotopic (exact) mass is 356 g/mol. The minimum atomic E-state index is -0.130. The van der Waals surface area contributed by atoms with Crippen LogP contribution in [0.3, 0.4) is 0 Å². The Morgan fingerprint density at radius 3 is 2.48 bits per heavy atom. The molecule has 134 valence electrons. The van der Waals surface area contributed by atoms with E-state index in [2.05, 4.69) is 24.1 Å². The minimum absolute atomic E-state index is 0.130. The third-order valence-corrected chi connectivity index (χ3v) is 4.76. The summed E-state index contributed by atoms with van der Waals surface area (Å²) in [5.41, 5.74) is 7.09. The van der Waals surface area contributed by atoms with Gasteiger partial charge in [0, 0.05) is 16.8 Å². The number of nitrogens with zero attached hydrogens (tertiary/aromatic N) is 1. The summed E-state index contributed by atoms with van der Waals surface area (Å²) in [7, 11) is 0. The number of aromatic nitrogens is 1. The van der Waals surface area contributed by atoms with Gasteiger partial charge in [-0.15, -0.1) is 0 Å². The average molecular weight is 356 g/mol. The maximum atomic E-state index is 12.5. The molecule has 0 spiro atoms. The smallest absolute Gasteiger partial charge is 0.255 e. The number of hydrogen-bond acceptors (Lipinski definition) is 3. The van der Waals surface area contributed by atoms with E-state index < -0.39 is 0 Å². The van der Waals surface area contributed by atoms with Crippen LogP contribution in [0.5, 0.6) is 0 Å². The summed E-state index contributed by atoms with van der Waals surface area (Å²) in [6, 6.07) is 19.1. The number of anilines is 1. The van der Waals surface area contributed by atoms with Crippen LogP contribution >= 0.6 is 0 Å². The van der Waals surface area contributed by atoms with Crippen LogP contribution in [0.4, 0.5) is 5.69 Å². The number of nitrogens with one attached hydrogen (secondary N) is 1. The molecular weight excluding hydrogens is 336 g/mol. The van der Waals surface area contributed by atoms with Crippen LogP contribution in [0, 0.1) is 20.8 Å². The number of aryl methyl sites for hydroxylation is 3. The van der Waals surface area contributed by atoms with E-state index >= 15 is 0 Å². The highest BCUT2D eigenvalue weighted by molar-refractivity contribution is 6.05. The lowest BCUT2D eigenvalue weighted by Gasteiger charge is -2.08. The molecule has 4 rings (SSSR count). The Bertz CT molecular complexity index is 1120. The van der Waals surface area contributed by atoms with Crippen LogP contribution in [0.2, 0.25) is 0 Å². The fourth-order valence-corrected chi connectivity index (χ4v) is 3.06. The van der Waals surface area contributed by atoms with Gasteiger partial charge in [-0.3, -0.25) is 4.79 Å². The minimum Gasteiger partial charge on any atom is -0.436 e. The van der Waals surface area contributed by atoms with Crippen molar-refractivity contribution in [2.75, 3.05) is 5.32 Å². The number of benzene rings is 3. The topological polar surface area (TPSA) is 55.1 Å². The first-order valence-electron chi connectivity index (χ1n) is 8.86. The number of hydrogen-bond donors (Lipinski definition) is 1. The molecule has 0 saturated carbocycles. The first kappa shape index (κ1) is 17.0. The predicted octanol–water partition coefficient (Wildman–Crippen LogP) is 5.67. The number of carbonyl (C=O) groups excluding carboxylic acids is 1. The molecule has 0 radical (unpaired) electrons. The van der Waals surface area contributed by atoms with E-state index in [1.165, 1.54) is 11.1 Å². The van der Waals surface area contributed by atoms with Gasteiger partial charge in [0.1, 0.15) is 5.52 Å². The molecule has 1 aromatic heterocycles. The lowest BCUT2D eigenvalue weighted by Crippen LogP contribution is -2.13. The van der Waals surface area contributed by atoms with Crippen LogP contribution in [-0.2, 0) is 0 Å². The fraction of sp³-hybridized carbons (Fsp3) is 0.130. The van der Waals surface area contributed by atoms with Crippen molar-refractivity contribution in [1.82, 2.24) is 4.98 Å². The van der Waals surface area contributed by atoms with Gasteiger partial charge in [-0.2, -0.15) is 0 Å². The quantitative estimate of drug-likeness (QED) is 0.514. The highest BCUT2D eigenvalue weighted by Gasteiger charge is 2.12. The largest absolute Gasteiger partial charge is 0.436 e. The Morgan fingerprint density at radius 2 is 1.67 bits per heavy atom. The second-order valence-corrected chi connectivity index (χ2v) is 6.77. The predicted molar refractivity (Wildman–Crippen MR) is 108 cm³/mol. The van der Waals surface area contributed by atoms with Gasteiger partial charge >= 0.3 is 0 Å². The van der Waals surface area contributed by atoms with Gasteiger partial charge in [0.05, 0.1) is 0 Å². The summed E-state index contributed by atoms with van der Waals surface area (Å²) in [5.74, 6) is 0.413. The maximum absolute atomic E-state index is 12.5. The Balaban J connectivity index is 1.65. The van der Waals surface area contributed by atoms with Crippen molar-refractivity contribution in [2.45, 2.75) is 20.8 Å². The highest BCUT2D eigenvalue weighted by atomic mass is 16.3. The third-order valence-electron chi connectivity index (χ3n) is 4.76. The molecule has 0 aliphatic rings.